The van der Waals surface area contributed by atoms with E-state index in [4.69, 9.17) is 24.7 Å². The highest BCUT2D eigenvalue weighted by Crippen LogP contribution is 2.39. The van der Waals surface area contributed by atoms with Crippen LogP contribution in [-0.2, 0) is 11.3 Å². The van der Waals surface area contributed by atoms with Crippen LogP contribution in [0.2, 0.25) is 0 Å². The molecule has 0 radical (unpaired) electrons. The third kappa shape index (κ3) is 3.35. The molecule has 2 unspecified atom stereocenters. The number of ether oxygens (including phenoxy) is 4. The summed E-state index contributed by atoms with van der Waals surface area (Å²) in [5, 5.41) is 0. The van der Waals surface area contributed by atoms with Gasteiger partial charge in [-0.1, -0.05) is 0 Å². The maximum absolute atomic E-state index is 5.87. The number of nitrogens with two attached hydrogens (primary N) is 1. The Morgan fingerprint density at radius 2 is 1.85 bits per heavy atom. The van der Waals surface area contributed by atoms with Gasteiger partial charge in [-0.25, -0.2) is 0 Å². The highest BCUT2D eigenvalue weighted by Gasteiger charge is 2.23. The molecule has 2 atom stereocenters. The molecule has 1 fully saturated rings. The molecule has 0 amide bonds. The van der Waals surface area contributed by atoms with Gasteiger partial charge in [-0.05, 0) is 37.5 Å². The second kappa shape index (κ2) is 6.81. The first-order valence-electron chi connectivity index (χ1n) is 6.91. The minimum atomic E-state index is 0.133. The fraction of sp³-hybridized carbons (Fsp3) is 0.600. The zero-order chi connectivity index (χ0) is 14.5. The average Bonchev–Trinajstić information content (AvgIpc) is 2.89. The molecule has 0 aliphatic carbocycles. The van der Waals surface area contributed by atoms with Crippen LogP contribution in [0, 0.1) is 0 Å². The molecule has 5 nitrogen and oxygen atoms in total. The van der Waals surface area contributed by atoms with Crippen molar-refractivity contribution >= 4 is 0 Å². The van der Waals surface area contributed by atoms with Crippen LogP contribution in [0.3, 0.4) is 0 Å². The molecular formula is C15H23NO4. The van der Waals surface area contributed by atoms with Crippen molar-refractivity contribution < 1.29 is 18.9 Å². The van der Waals surface area contributed by atoms with Gasteiger partial charge in [0.2, 0.25) is 5.75 Å². The van der Waals surface area contributed by atoms with Crippen LogP contribution in [0.25, 0.3) is 0 Å². The predicted octanol–water partition coefficient (Wildman–Crippen LogP) is 2.11. The van der Waals surface area contributed by atoms with Crippen molar-refractivity contribution in [3.63, 3.8) is 0 Å². The standard InChI is InChI=1S/C15H23NO4/c1-10-4-5-12(20-10)9-19-15-13(17-2)6-11(8-16)7-14(15)18-3/h6-7,10,12H,4-5,8-9,16H2,1-3H3. The molecule has 0 saturated carbocycles. The van der Waals surface area contributed by atoms with Crippen LogP contribution in [0.5, 0.6) is 17.2 Å². The number of rotatable bonds is 6. The molecule has 0 bridgehead atoms. The van der Waals surface area contributed by atoms with Gasteiger partial charge < -0.3 is 24.7 Å². The predicted molar refractivity (Wildman–Crippen MR) is 76.5 cm³/mol. The van der Waals surface area contributed by atoms with Gasteiger partial charge in [0.1, 0.15) is 6.61 Å². The summed E-state index contributed by atoms with van der Waals surface area (Å²) >= 11 is 0. The lowest BCUT2D eigenvalue weighted by Crippen LogP contribution is -2.18. The minimum Gasteiger partial charge on any atom is -0.493 e. The Hall–Kier alpha value is -1.46. The Morgan fingerprint density at radius 1 is 1.20 bits per heavy atom. The average molecular weight is 281 g/mol. The molecule has 1 heterocycles. The van der Waals surface area contributed by atoms with E-state index in [0.29, 0.717) is 36.5 Å². The number of benzene rings is 1. The summed E-state index contributed by atoms with van der Waals surface area (Å²) in [4.78, 5) is 0. The quantitative estimate of drug-likeness (QED) is 0.865. The molecule has 1 aromatic carbocycles. The van der Waals surface area contributed by atoms with Crippen molar-refractivity contribution in [2.75, 3.05) is 20.8 Å². The van der Waals surface area contributed by atoms with Crippen molar-refractivity contribution in [2.45, 2.75) is 38.5 Å². The van der Waals surface area contributed by atoms with Gasteiger partial charge in [0.25, 0.3) is 0 Å². The van der Waals surface area contributed by atoms with E-state index in [1.807, 2.05) is 12.1 Å². The second-order valence-corrected chi connectivity index (χ2v) is 4.99. The molecule has 1 saturated heterocycles. The lowest BCUT2D eigenvalue weighted by Gasteiger charge is -2.18. The smallest absolute Gasteiger partial charge is 0.203 e. The van der Waals surface area contributed by atoms with Crippen molar-refractivity contribution in [3.8, 4) is 17.2 Å². The Kier molecular flexibility index (Phi) is 5.09. The van der Waals surface area contributed by atoms with Crippen LogP contribution in [0.1, 0.15) is 25.3 Å². The van der Waals surface area contributed by atoms with Crippen LogP contribution in [-0.4, -0.2) is 33.0 Å². The normalized spacial score (nSPS) is 21.8. The topological polar surface area (TPSA) is 62.9 Å². The van der Waals surface area contributed by atoms with Gasteiger partial charge in [-0.3, -0.25) is 0 Å². The summed E-state index contributed by atoms with van der Waals surface area (Å²) in [6.07, 6.45) is 2.54. The lowest BCUT2D eigenvalue weighted by molar-refractivity contribution is 0.0253. The fourth-order valence-corrected chi connectivity index (χ4v) is 2.38. The first-order chi connectivity index (χ1) is 9.67. The molecule has 1 aliphatic rings. The van der Waals surface area contributed by atoms with E-state index in [2.05, 4.69) is 6.92 Å². The van der Waals surface area contributed by atoms with Crippen molar-refractivity contribution in [3.05, 3.63) is 17.7 Å². The van der Waals surface area contributed by atoms with Gasteiger partial charge in [0.15, 0.2) is 11.5 Å². The molecule has 0 spiro atoms. The van der Waals surface area contributed by atoms with Crippen LogP contribution in [0.4, 0.5) is 0 Å². The first kappa shape index (κ1) is 14.9. The highest BCUT2D eigenvalue weighted by molar-refractivity contribution is 5.53. The Balaban J connectivity index is 2.12. The van der Waals surface area contributed by atoms with Crippen LogP contribution >= 0.6 is 0 Å². The van der Waals surface area contributed by atoms with Crippen molar-refractivity contribution in [2.24, 2.45) is 5.73 Å². The van der Waals surface area contributed by atoms with Crippen molar-refractivity contribution in [1.82, 2.24) is 0 Å². The van der Waals surface area contributed by atoms with E-state index in [-0.39, 0.29) is 6.10 Å². The van der Waals surface area contributed by atoms with E-state index in [9.17, 15) is 0 Å². The largest absolute Gasteiger partial charge is 0.493 e. The maximum Gasteiger partial charge on any atom is 0.203 e. The van der Waals surface area contributed by atoms with E-state index in [1.165, 1.54) is 0 Å². The fourth-order valence-electron chi connectivity index (χ4n) is 2.38. The molecule has 0 aromatic heterocycles. The molecule has 1 aromatic rings. The number of hydrogen-bond acceptors (Lipinski definition) is 5. The Bertz CT molecular complexity index is 424. The van der Waals surface area contributed by atoms with Gasteiger partial charge in [-0.2, -0.15) is 0 Å². The van der Waals surface area contributed by atoms with Gasteiger partial charge >= 0.3 is 0 Å². The van der Waals surface area contributed by atoms with Gasteiger partial charge in [0.05, 0.1) is 26.4 Å². The zero-order valence-corrected chi connectivity index (χ0v) is 12.3. The Morgan fingerprint density at radius 3 is 2.30 bits per heavy atom. The SMILES string of the molecule is COc1cc(CN)cc(OC)c1OCC1CCC(C)O1. The second-order valence-electron chi connectivity index (χ2n) is 4.99. The molecular weight excluding hydrogens is 258 g/mol. The molecule has 112 valence electrons. The zero-order valence-electron chi connectivity index (χ0n) is 12.3. The van der Waals surface area contributed by atoms with Gasteiger partial charge in [0, 0.05) is 6.54 Å². The van der Waals surface area contributed by atoms with E-state index >= 15 is 0 Å². The van der Waals surface area contributed by atoms with E-state index in [0.717, 1.165) is 18.4 Å². The minimum absolute atomic E-state index is 0.133. The molecule has 2 N–H and O–H groups in total. The molecule has 5 heteroatoms. The maximum atomic E-state index is 5.87. The summed E-state index contributed by atoms with van der Waals surface area (Å²) < 4.78 is 22.3. The van der Waals surface area contributed by atoms with Crippen LogP contribution < -0.4 is 19.9 Å². The first-order valence-corrected chi connectivity index (χ1v) is 6.91. The van der Waals surface area contributed by atoms with Crippen LogP contribution in [0.15, 0.2) is 12.1 Å². The monoisotopic (exact) mass is 281 g/mol. The third-order valence-electron chi connectivity index (χ3n) is 3.49. The summed E-state index contributed by atoms with van der Waals surface area (Å²) in [5.74, 6) is 1.88. The number of hydrogen-bond donors (Lipinski definition) is 1. The van der Waals surface area contributed by atoms with Crippen molar-refractivity contribution in [1.29, 1.82) is 0 Å². The van der Waals surface area contributed by atoms with Gasteiger partial charge in [-0.15, -0.1) is 0 Å². The molecule has 1 aliphatic heterocycles. The van der Waals surface area contributed by atoms with E-state index in [1.54, 1.807) is 14.2 Å². The summed E-state index contributed by atoms with van der Waals surface area (Å²) in [7, 11) is 3.21. The number of methoxy groups -OCH3 is 2. The lowest BCUT2D eigenvalue weighted by atomic mass is 10.2. The Labute approximate surface area is 120 Å². The third-order valence-corrected chi connectivity index (χ3v) is 3.49. The molecule has 20 heavy (non-hydrogen) atoms. The van der Waals surface area contributed by atoms with E-state index < -0.39 is 0 Å². The highest BCUT2D eigenvalue weighted by atomic mass is 16.6. The summed E-state index contributed by atoms with van der Waals surface area (Å²) in [5.41, 5.74) is 6.61. The molecule has 2 rings (SSSR count). The summed E-state index contributed by atoms with van der Waals surface area (Å²) in [6.45, 7) is 3.01. The summed E-state index contributed by atoms with van der Waals surface area (Å²) in [6, 6.07) is 3.74.